The first-order chi connectivity index (χ1) is 11.9. The minimum atomic E-state index is 0.452. The summed E-state index contributed by atoms with van der Waals surface area (Å²) >= 11 is 0. The number of ether oxygens (including phenoxy) is 1. The van der Waals surface area contributed by atoms with Gasteiger partial charge in [-0.15, -0.1) is 15.0 Å². The van der Waals surface area contributed by atoms with Gasteiger partial charge in [0.25, 0.3) is 0 Å². The van der Waals surface area contributed by atoms with Crippen LogP contribution in [-0.4, -0.2) is 35.2 Å². The molecule has 0 unspecified atom stereocenters. The zero-order valence-electron chi connectivity index (χ0n) is 12.4. The van der Waals surface area contributed by atoms with Crippen LogP contribution in [0.3, 0.4) is 0 Å². The minimum absolute atomic E-state index is 0.452. The van der Waals surface area contributed by atoms with Gasteiger partial charge in [-0.2, -0.15) is 0 Å². The first-order valence-electron chi connectivity index (χ1n) is 7.14. The van der Waals surface area contributed by atoms with Gasteiger partial charge in [0, 0.05) is 24.7 Å². The maximum atomic E-state index is 5.62. The highest BCUT2D eigenvalue weighted by Gasteiger charge is 2.08. The molecule has 0 spiro atoms. The topological polar surface area (TPSA) is 91.5 Å². The monoisotopic (exact) mass is 317 g/mol. The Hall–Kier alpha value is -3.68. The van der Waals surface area contributed by atoms with E-state index < -0.39 is 0 Å². The van der Waals surface area contributed by atoms with Crippen LogP contribution in [0.15, 0.2) is 67.3 Å². The van der Waals surface area contributed by atoms with Crippen LogP contribution in [0.2, 0.25) is 0 Å². The number of rotatable bonds is 4. The normalized spacial score (nSPS) is 10.5. The maximum absolute atomic E-state index is 5.62. The van der Waals surface area contributed by atoms with E-state index in [1.165, 1.54) is 4.80 Å². The highest BCUT2D eigenvalue weighted by atomic mass is 16.5. The zero-order valence-corrected chi connectivity index (χ0v) is 12.4. The molecule has 4 aromatic heterocycles. The molecule has 0 saturated heterocycles. The molecule has 0 aliphatic rings. The highest BCUT2D eigenvalue weighted by Crippen LogP contribution is 2.19. The predicted molar refractivity (Wildman–Crippen MR) is 84.5 cm³/mol. The van der Waals surface area contributed by atoms with Crippen molar-refractivity contribution in [2.75, 3.05) is 0 Å². The molecule has 0 amide bonds. The predicted octanol–water partition coefficient (Wildman–Crippen LogP) is 2.31. The first-order valence-corrected chi connectivity index (χ1v) is 7.14. The number of pyridine rings is 3. The summed E-state index contributed by atoms with van der Waals surface area (Å²) in [5.41, 5.74) is 1.33. The lowest BCUT2D eigenvalue weighted by molar-refractivity contribution is 0.462. The van der Waals surface area contributed by atoms with Crippen molar-refractivity contribution in [2.24, 2.45) is 0 Å². The summed E-state index contributed by atoms with van der Waals surface area (Å²) in [5, 5.41) is 12.3. The van der Waals surface area contributed by atoms with Crippen molar-refractivity contribution in [1.29, 1.82) is 0 Å². The third-order valence-electron chi connectivity index (χ3n) is 3.13. The van der Waals surface area contributed by atoms with Crippen molar-refractivity contribution in [3.05, 3.63) is 67.3 Å². The molecule has 4 aromatic rings. The van der Waals surface area contributed by atoms with E-state index >= 15 is 0 Å². The number of nitrogens with zero attached hydrogens (tertiary/aromatic N) is 7. The summed E-state index contributed by atoms with van der Waals surface area (Å²) in [6, 6.07) is 12.6. The lowest BCUT2D eigenvalue weighted by Crippen LogP contribution is -2.00. The summed E-state index contributed by atoms with van der Waals surface area (Å²) in [4.78, 5) is 13.8. The average Bonchev–Trinajstić information content (AvgIpc) is 3.14. The van der Waals surface area contributed by atoms with Gasteiger partial charge in [0.15, 0.2) is 0 Å². The van der Waals surface area contributed by atoms with Gasteiger partial charge < -0.3 is 4.74 Å². The van der Waals surface area contributed by atoms with Crippen molar-refractivity contribution in [2.45, 2.75) is 0 Å². The van der Waals surface area contributed by atoms with Crippen molar-refractivity contribution in [3.63, 3.8) is 0 Å². The van der Waals surface area contributed by atoms with E-state index in [0.29, 0.717) is 28.8 Å². The number of tetrazole rings is 1. The second kappa shape index (κ2) is 6.21. The molecule has 4 heterocycles. The summed E-state index contributed by atoms with van der Waals surface area (Å²) in [6.45, 7) is 0. The Bertz CT molecular complexity index is 924. The fourth-order valence-corrected chi connectivity index (χ4v) is 2.00. The molecular weight excluding hydrogens is 306 g/mol. The van der Waals surface area contributed by atoms with Crippen LogP contribution in [0.1, 0.15) is 0 Å². The number of hydrogen-bond acceptors (Lipinski definition) is 7. The molecule has 0 aliphatic carbocycles. The van der Waals surface area contributed by atoms with Gasteiger partial charge in [-0.1, -0.05) is 6.07 Å². The standard InChI is InChI=1S/C16H11N7O/c1-2-8-18-14(3-1)16-20-22-23(21-16)12-4-5-15(19-11-12)24-13-6-9-17-10-7-13/h1-11H. The molecule has 0 saturated carbocycles. The van der Waals surface area contributed by atoms with E-state index in [4.69, 9.17) is 4.74 Å². The van der Waals surface area contributed by atoms with Gasteiger partial charge >= 0.3 is 0 Å². The first kappa shape index (κ1) is 13.9. The molecule has 8 nitrogen and oxygen atoms in total. The van der Waals surface area contributed by atoms with E-state index in [0.717, 1.165) is 0 Å². The van der Waals surface area contributed by atoms with E-state index in [2.05, 4.69) is 30.4 Å². The molecule has 0 fully saturated rings. The Morgan fingerprint density at radius 3 is 2.54 bits per heavy atom. The van der Waals surface area contributed by atoms with Gasteiger partial charge in [0.1, 0.15) is 17.1 Å². The van der Waals surface area contributed by atoms with Gasteiger partial charge in [0.2, 0.25) is 11.7 Å². The highest BCUT2D eigenvalue weighted by molar-refractivity contribution is 5.47. The molecule has 0 aliphatic heterocycles. The molecule has 0 radical (unpaired) electrons. The summed E-state index contributed by atoms with van der Waals surface area (Å²) in [6.07, 6.45) is 6.60. The smallest absolute Gasteiger partial charge is 0.223 e. The molecule has 4 rings (SSSR count). The molecule has 0 aromatic carbocycles. The van der Waals surface area contributed by atoms with Crippen LogP contribution in [0, 0.1) is 0 Å². The van der Waals surface area contributed by atoms with Gasteiger partial charge in [0.05, 0.1) is 6.20 Å². The van der Waals surface area contributed by atoms with Crippen molar-refractivity contribution >= 4 is 0 Å². The summed E-state index contributed by atoms with van der Waals surface area (Å²) in [5.74, 6) is 1.59. The lowest BCUT2D eigenvalue weighted by Gasteiger charge is -2.04. The van der Waals surface area contributed by atoms with Crippen LogP contribution in [0.25, 0.3) is 17.2 Å². The number of hydrogen-bond donors (Lipinski definition) is 0. The maximum Gasteiger partial charge on any atom is 0.223 e. The molecule has 24 heavy (non-hydrogen) atoms. The molecular formula is C16H11N7O. The Kier molecular flexibility index (Phi) is 3.61. The van der Waals surface area contributed by atoms with Crippen LogP contribution >= 0.6 is 0 Å². The van der Waals surface area contributed by atoms with Crippen LogP contribution in [-0.2, 0) is 0 Å². The zero-order chi connectivity index (χ0) is 16.2. The van der Waals surface area contributed by atoms with Gasteiger partial charge in [-0.05, 0) is 35.5 Å². The van der Waals surface area contributed by atoms with Crippen LogP contribution < -0.4 is 4.74 Å². The van der Waals surface area contributed by atoms with Crippen LogP contribution in [0.4, 0.5) is 0 Å². The van der Waals surface area contributed by atoms with Gasteiger partial charge in [-0.25, -0.2) is 4.98 Å². The Balaban J connectivity index is 1.54. The van der Waals surface area contributed by atoms with Crippen LogP contribution in [0.5, 0.6) is 11.6 Å². The lowest BCUT2D eigenvalue weighted by atomic mass is 10.3. The fourth-order valence-electron chi connectivity index (χ4n) is 2.00. The third-order valence-corrected chi connectivity index (χ3v) is 3.13. The second-order valence-electron chi connectivity index (χ2n) is 4.76. The quantitative estimate of drug-likeness (QED) is 0.570. The SMILES string of the molecule is c1ccc(-c2nnn(-c3ccc(Oc4ccncc4)nc3)n2)nc1. The Morgan fingerprint density at radius 1 is 0.875 bits per heavy atom. The summed E-state index contributed by atoms with van der Waals surface area (Å²) in [7, 11) is 0. The van der Waals surface area contributed by atoms with E-state index in [1.807, 2.05) is 18.2 Å². The molecule has 8 heteroatoms. The number of aromatic nitrogens is 7. The third kappa shape index (κ3) is 2.93. The summed E-state index contributed by atoms with van der Waals surface area (Å²) < 4.78 is 5.62. The van der Waals surface area contributed by atoms with Crippen molar-refractivity contribution in [3.8, 4) is 28.8 Å². The van der Waals surface area contributed by atoms with Crippen molar-refractivity contribution in [1.82, 2.24) is 35.2 Å². The largest absolute Gasteiger partial charge is 0.439 e. The molecule has 0 atom stereocenters. The van der Waals surface area contributed by atoms with E-state index in [1.54, 1.807) is 49.1 Å². The second-order valence-corrected chi connectivity index (χ2v) is 4.76. The van der Waals surface area contributed by atoms with E-state index in [-0.39, 0.29) is 0 Å². The van der Waals surface area contributed by atoms with E-state index in [9.17, 15) is 0 Å². The Morgan fingerprint density at radius 2 is 1.79 bits per heavy atom. The molecule has 0 bridgehead atoms. The van der Waals surface area contributed by atoms with Gasteiger partial charge in [-0.3, -0.25) is 9.97 Å². The average molecular weight is 317 g/mol. The molecule has 0 N–H and O–H groups in total. The Labute approximate surface area is 136 Å². The molecule has 116 valence electrons. The van der Waals surface area contributed by atoms with Crippen molar-refractivity contribution < 1.29 is 4.74 Å². The fraction of sp³-hybridized carbons (Fsp3) is 0. The minimum Gasteiger partial charge on any atom is -0.439 e.